The van der Waals surface area contributed by atoms with E-state index in [2.05, 4.69) is 0 Å². The second kappa shape index (κ2) is 4.75. The van der Waals surface area contributed by atoms with Crippen LogP contribution in [0.2, 0.25) is 0 Å². The minimum absolute atomic E-state index is 0.0550. The predicted molar refractivity (Wildman–Crippen MR) is 65.0 cm³/mol. The lowest BCUT2D eigenvalue weighted by Gasteiger charge is -2.23. The molecule has 4 nitrogen and oxygen atoms in total. The fraction of sp³-hybridized carbons (Fsp3) is 0.462. The molecule has 1 N–H and O–H groups in total. The van der Waals surface area contributed by atoms with Crippen molar-refractivity contribution in [1.29, 1.82) is 0 Å². The van der Waals surface area contributed by atoms with Crippen LogP contribution in [0.25, 0.3) is 0 Å². The van der Waals surface area contributed by atoms with E-state index in [1.54, 1.807) is 31.3 Å². The van der Waals surface area contributed by atoms with E-state index in [4.69, 9.17) is 4.74 Å². The van der Waals surface area contributed by atoms with Crippen LogP contribution >= 0.6 is 0 Å². The average Bonchev–Trinajstić information content (AvgIpc) is 2.73. The Morgan fingerprint density at radius 3 is 2.88 bits per heavy atom. The minimum atomic E-state index is -0.359. The van der Waals surface area contributed by atoms with Crippen LogP contribution in [0.4, 0.5) is 5.69 Å². The zero-order chi connectivity index (χ0) is 12.4. The largest absolute Gasteiger partial charge is 0.508 e. The number of hydrogen-bond donors (Lipinski definition) is 1. The third-order valence-corrected chi connectivity index (χ3v) is 3.18. The number of phenolic OH excluding ortho intramolecular Hbond substituents is 1. The van der Waals surface area contributed by atoms with Gasteiger partial charge in [-0.25, -0.2) is 0 Å². The monoisotopic (exact) mass is 235 g/mol. The predicted octanol–water partition coefficient (Wildman–Crippen LogP) is 1.78. The first-order valence-electron chi connectivity index (χ1n) is 5.78. The molecule has 1 amide bonds. The van der Waals surface area contributed by atoms with Crippen LogP contribution in [0.1, 0.15) is 13.3 Å². The van der Waals surface area contributed by atoms with Gasteiger partial charge in [0.2, 0.25) is 0 Å². The molecular weight excluding hydrogens is 218 g/mol. The third-order valence-electron chi connectivity index (χ3n) is 3.18. The maximum absolute atomic E-state index is 12.2. The molecule has 1 aromatic carbocycles. The van der Waals surface area contributed by atoms with Gasteiger partial charge in [-0.3, -0.25) is 4.79 Å². The molecule has 92 valence electrons. The molecule has 1 saturated heterocycles. The van der Waals surface area contributed by atoms with E-state index < -0.39 is 0 Å². The van der Waals surface area contributed by atoms with Gasteiger partial charge in [0.05, 0.1) is 0 Å². The number of hydrogen-bond acceptors (Lipinski definition) is 3. The Morgan fingerprint density at radius 2 is 2.29 bits per heavy atom. The van der Waals surface area contributed by atoms with Gasteiger partial charge in [0.1, 0.15) is 11.9 Å². The summed E-state index contributed by atoms with van der Waals surface area (Å²) in [7, 11) is 1.70. The second-order valence-electron chi connectivity index (χ2n) is 4.47. The molecule has 1 aliphatic rings. The summed E-state index contributed by atoms with van der Waals surface area (Å²) in [5, 5.41) is 9.39. The molecule has 0 saturated carbocycles. The molecular formula is C13H17NO3. The standard InChI is InChI=1S/C13H17NO3/c1-9-6-7-17-12(9)13(16)14(2)10-4-3-5-11(15)8-10/h3-5,8-9,12,15H,6-7H2,1-2H3. The highest BCUT2D eigenvalue weighted by Crippen LogP contribution is 2.25. The Kier molecular flexibility index (Phi) is 3.33. The van der Waals surface area contributed by atoms with Crippen LogP contribution in [-0.2, 0) is 9.53 Å². The zero-order valence-electron chi connectivity index (χ0n) is 10.1. The first-order chi connectivity index (χ1) is 8.09. The molecule has 4 heteroatoms. The molecule has 0 spiro atoms. The number of amides is 1. The van der Waals surface area contributed by atoms with E-state index in [9.17, 15) is 9.90 Å². The summed E-state index contributed by atoms with van der Waals surface area (Å²) in [6.07, 6.45) is 0.562. The number of aromatic hydroxyl groups is 1. The molecule has 0 radical (unpaired) electrons. The smallest absolute Gasteiger partial charge is 0.256 e. The van der Waals surface area contributed by atoms with E-state index in [0.717, 1.165) is 6.42 Å². The molecule has 0 aromatic heterocycles. The number of nitrogens with zero attached hydrogens (tertiary/aromatic N) is 1. The lowest BCUT2D eigenvalue weighted by atomic mass is 10.0. The Balaban J connectivity index is 2.14. The average molecular weight is 235 g/mol. The molecule has 1 heterocycles. The van der Waals surface area contributed by atoms with Crippen molar-refractivity contribution < 1.29 is 14.6 Å². The van der Waals surface area contributed by atoms with Crippen molar-refractivity contribution in [3.8, 4) is 5.75 Å². The van der Waals surface area contributed by atoms with Gasteiger partial charge in [0.25, 0.3) is 5.91 Å². The van der Waals surface area contributed by atoms with E-state index in [1.807, 2.05) is 6.92 Å². The Morgan fingerprint density at radius 1 is 1.53 bits per heavy atom. The van der Waals surface area contributed by atoms with Crippen LogP contribution in [0.15, 0.2) is 24.3 Å². The Hall–Kier alpha value is -1.55. The molecule has 2 unspecified atom stereocenters. The van der Waals surface area contributed by atoms with Gasteiger partial charge in [-0.05, 0) is 24.5 Å². The van der Waals surface area contributed by atoms with Crippen molar-refractivity contribution in [3.05, 3.63) is 24.3 Å². The number of ether oxygens (including phenoxy) is 1. The van der Waals surface area contributed by atoms with Crippen LogP contribution in [-0.4, -0.2) is 30.8 Å². The van der Waals surface area contributed by atoms with Gasteiger partial charge < -0.3 is 14.7 Å². The molecule has 0 aliphatic carbocycles. The summed E-state index contributed by atoms with van der Waals surface area (Å²) in [4.78, 5) is 13.7. The van der Waals surface area contributed by atoms with E-state index in [1.165, 1.54) is 4.90 Å². The Bertz CT molecular complexity index is 419. The summed E-state index contributed by atoms with van der Waals surface area (Å²) < 4.78 is 5.45. The molecule has 1 aromatic rings. The van der Waals surface area contributed by atoms with Gasteiger partial charge in [-0.1, -0.05) is 13.0 Å². The quantitative estimate of drug-likeness (QED) is 0.850. The maximum Gasteiger partial charge on any atom is 0.256 e. The summed E-state index contributed by atoms with van der Waals surface area (Å²) in [5.41, 5.74) is 0.678. The molecule has 0 bridgehead atoms. The lowest BCUT2D eigenvalue weighted by molar-refractivity contribution is -0.128. The topological polar surface area (TPSA) is 49.8 Å². The molecule has 2 rings (SSSR count). The highest BCUT2D eigenvalue weighted by molar-refractivity contribution is 5.96. The minimum Gasteiger partial charge on any atom is -0.508 e. The number of benzene rings is 1. The van der Waals surface area contributed by atoms with Gasteiger partial charge >= 0.3 is 0 Å². The van der Waals surface area contributed by atoms with Crippen molar-refractivity contribution in [3.63, 3.8) is 0 Å². The highest BCUT2D eigenvalue weighted by atomic mass is 16.5. The first-order valence-corrected chi connectivity index (χ1v) is 5.78. The van der Waals surface area contributed by atoms with Crippen molar-refractivity contribution in [1.82, 2.24) is 0 Å². The third kappa shape index (κ3) is 2.42. The number of carbonyl (C=O) groups is 1. The Labute approximate surface area is 101 Å². The van der Waals surface area contributed by atoms with Crippen LogP contribution in [0, 0.1) is 5.92 Å². The van der Waals surface area contributed by atoms with Crippen molar-refractivity contribution >= 4 is 11.6 Å². The normalized spacial score (nSPS) is 23.6. The highest BCUT2D eigenvalue weighted by Gasteiger charge is 2.33. The first kappa shape index (κ1) is 11.9. The van der Waals surface area contributed by atoms with Gasteiger partial charge in [0.15, 0.2) is 0 Å². The molecule has 2 atom stereocenters. The second-order valence-corrected chi connectivity index (χ2v) is 4.47. The van der Waals surface area contributed by atoms with E-state index in [-0.39, 0.29) is 23.7 Å². The number of phenols is 1. The molecule has 1 aliphatic heterocycles. The van der Waals surface area contributed by atoms with Gasteiger partial charge in [0, 0.05) is 25.4 Å². The summed E-state index contributed by atoms with van der Waals surface area (Å²) in [6.45, 7) is 2.66. The van der Waals surface area contributed by atoms with Crippen LogP contribution in [0.5, 0.6) is 5.75 Å². The number of rotatable bonds is 2. The maximum atomic E-state index is 12.2. The summed E-state index contributed by atoms with van der Waals surface area (Å²) in [6, 6.07) is 6.65. The van der Waals surface area contributed by atoms with E-state index in [0.29, 0.717) is 12.3 Å². The summed E-state index contributed by atoms with van der Waals surface area (Å²) >= 11 is 0. The number of likely N-dealkylation sites (N-methyl/N-ethyl adjacent to an activating group) is 1. The zero-order valence-corrected chi connectivity index (χ0v) is 10.1. The van der Waals surface area contributed by atoms with Crippen molar-refractivity contribution in [2.24, 2.45) is 5.92 Å². The fourth-order valence-electron chi connectivity index (χ4n) is 2.03. The van der Waals surface area contributed by atoms with Crippen LogP contribution < -0.4 is 4.90 Å². The van der Waals surface area contributed by atoms with Crippen molar-refractivity contribution in [2.45, 2.75) is 19.4 Å². The lowest BCUT2D eigenvalue weighted by Crippen LogP contribution is -2.38. The SMILES string of the molecule is CC1CCOC1C(=O)N(C)c1cccc(O)c1. The van der Waals surface area contributed by atoms with Crippen molar-refractivity contribution in [2.75, 3.05) is 18.6 Å². The number of anilines is 1. The van der Waals surface area contributed by atoms with Gasteiger partial charge in [-0.2, -0.15) is 0 Å². The molecule has 17 heavy (non-hydrogen) atoms. The van der Waals surface area contributed by atoms with E-state index >= 15 is 0 Å². The number of carbonyl (C=O) groups excluding carboxylic acids is 1. The summed E-state index contributed by atoms with van der Waals surface area (Å²) in [5.74, 6) is 0.352. The van der Waals surface area contributed by atoms with Crippen LogP contribution in [0.3, 0.4) is 0 Å². The van der Waals surface area contributed by atoms with Gasteiger partial charge in [-0.15, -0.1) is 0 Å². The fourth-order valence-corrected chi connectivity index (χ4v) is 2.03. The molecule has 1 fully saturated rings.